The quantitative estimate of drug-likeness (QED) is 0.813. The molecule has 0 aromatic heterocycles. The molecule has 0 bridgehead atoms. The van der Waals surface area contributed by atoms with Gasteiger partial charge in [-0.15, -0.1) is 0 Å². The number of Topliss-reactive ketones (excluding diaryl/α,β-unsaturated/α-hetero) is 2. The maximum atomic E-state index is 12.4. The molecule has 1 aliphatic heterocycles. The van der Waals surface area contributed by atoms with Crippen LogP contribution < -0.4 is 10.6 Å². The first-order valence-corrected chi connectivity index (χ1v) is 7.57. The average molecular weight is 296 g/mol. The minimum Gasteiger partial charge on any atom is -0.359 e. The molecule has 0 saturated carbocycles. The summed E-state index contributed by atoms with van der Waals surface area (Å²) in [5.41, 5.74) is 3.50. The van der Waals surface area contributed by atoms with Gasteiger partial charge in [0.25, 0.3) is 0 Å². The Hall–Kier alpha value is -2.36. The van der Waals surface area contributed by atoms with Gasteiger partial charge in [-0.3, -0.25) is 9.59 Å². The zero-order valence-electron chi connectivity index (χ0n) is 13.1. The highest BCUT2D eigenvalue weighted by Crippen LogP contribution is 2.38. The van der Waals surface area contributed by atoms with Crippen molar-refractivity contribution in [2.45, 2.75) is 33.6 Å². The first-order valence-electron chi connectivity index (χ1n) is 7.57. The van der Waals surface area contributed by atoms with Crippen LogP contribution in [0.15, 0.2) is 41.7 Å². The van der Waals surface area contributed by atoms with Crippen molar-refractivity contribution < 1.29 is 9.59 Å². The summed E-state index contributed by atoms with van der Waals surface area (Å²) >= 11 is 0. The molecule has 2 N–H and O–H groups in total. The fraction of sp³-hybridized carbons (Fsp3) is 0.333. The lowest BCUT2D eigenvalue weighted by molar-refractivity contribution is -0.117. The molecule has 2 aliphatic rings. The van der Waals surface area contributed by atoms with Crippen molar-refractivity contribution in [1.82, 2.24) is 0 Å². The van der Waals surface area contributed by atoms with Crippen LogP contribution in [0.1, 0.15) is 44.0 Å². The molecule has 0 radical (unpaired) electrons. The number of carbonyl (C=O) groups excluding carboxylic acids is 2. The Morgan fingerprint density at radius 3 is 2.82 bits per heavy atom. The summed E-state index contributed by atoms with van der Waals surface area (Å²) in [6.07, 6.45) is 4.74. The number of ketones is 2. The molecule has 1 aliphatic carbocycles. The van der Waals surface area contributed by atoms with Crippen molar-refractivity contribution in [2.75, 3.05) is 10.6 Å². The number of carbonyl (C=O) groups is 2. The molecule has 1 aromatic rings. The largest absolute Gasteiger partial charge is 0.359 e. The minimum atomic E-state index is -0.169. The lowest BCUT2D eigenvalue weighted by Crippen LogP contribution is -2.25. The van der Waals surface area contributed by atoms with E-state index in [2.05, 4.69) is 16.7 Å². The zero-order valence-corrected chi connectivity index (χ0v) is 13.1. The molecule has 4 heteroatoms. The van der Waals surface area contributed by atoms with Crippen LogP contribution in [0.2, 0.25) is 0 Å². The van der Waals surface area contributed by atoms with Crippen LogP contribution in [0.25, 0.3) is 0 Å². The Labute approximate surface area is 130 Å². The summed E-state index contributed by atoms with van der Waals surface area (Å²) in [4.78, 5) is 24.5. The van der Waals surface area contributed by atoms with Gasteiger partial charge in [0.2, 0.25) is 0 Å². The van der Waals surface area contributed by atoms with E-state index in [0.29, 0.717) is 24.0 Å². The van der Waals surface area contributed by atoms with Crippen LogP contribution in [-0.2, 0) is 4.79 Å². The second-order valence-electron chi connectivity index (χ2n) is 6.48. The predicted molar refractivity (Wildman–Crippen MR) is 87.9 cm³/mol. The van der Waals surface area contributed by atoms with E-state index < -0.39 is 0 Å². The van der Waals surface area contributed by atoms with Gasteiger partial charge in [-0.25, -0.2) is 0 Å². The molecule has 114 valence electrons. The SMILES string of the molecule is CCC(=O)c1cccc2c1NC=C1C(=O)CC(C)(C)C=C1N2. The number of para-hydroxylation sites is 1. The van der Waals surface area contributed by atoms with Gasteiger partial charge in [-0.05, 0) is 17.5 Å². The van der Waals surface area contributed by atoms with Gasteiger partial charge in [0, 0.05) is 30.3 Å². The first-order chi connectivity index (χ1) is 10.4. The molecule has 0 unspecified atom stereocenters. The van der Waals surface area contributed by atoms with E-state index in [1.54, 1.807) is 6.20 Å². The predicted octanol–water partition coefficient (Wildman–Crippen LogP) is 3.88. The topological polar surface area (TPSA) is 58.2 Å². The van der Waals surface area contributed by atoms with Gasteiger partial charge in [0.05, 0.1) is 16.9 Å². The highest BCUT2D eigenvalue weighted by Gasteiger charge is 2.32. The van der Waals surface area contributed by atoms with Gasteiger partial charge in [-0.1, -0.05) is 32.9 Å². The van der Waals surface area contributed by atoms with E-state index in [1.165, 1.54) is 0 Å². The van der Waals surface area contributed by atoms with Gasteiger partial charge in [0.1, 0.15) is 0 Å². The molecule has 3 rings (SSSR count). The standard InChI is InChI=1S/C18H20N2O2/c1-4-15(21)11-6-5-7-13-17(11)19-10-12-14(20-13)8-18(2,3)9-16(12)22/h5-8,10,19-20H,4,9H2,1-3H3. The Balaban J connectivity index is 2.11. The number of hydrogen-bond donors (Lipinski definition) is 2. The molecule has 0 fully saturated rings. The second-order valence-corrected chi connectivity index (χ2v) is 6.48. The van der Waals surface area contributed by atoms with Crippen LogP contribution in [0, 0.1) is 5.41 Å². The maximum Gasteiger partial charge on any atom is 0.167 e. The number of nitrogens with one attached hydrogen (secondary N) is 2. The van der Waals surface area contributed by atoms with Crippen LogP contribution in [0.3, 0.4) is 0 Å². The maximum absolute atomic E-state index is 12.4. The Kier molecular flexibility index (Phi) is 3.39. The van der Waals surface area contributed by atoms with Crippen LogP contribution in [-0.4, -0.2) is 11.6 Å². The van der Waals surface area contributed by atoms with E-state index in [9.17, 15) is 9.59 Å². The van der Waals surface area contributed by atoms with Crippen molar-refractivity contribution in [2.24, 2.45) is 5.41 Å². The molecule has 0 spiro atoms. The first kappa shape index (κ1) is 14.6. The number of rotatable bonds is 2. The van der Waals surface area contributed by atoms with E-state index in [4.69, 9.17) is 0 Å². The molecule has 0 amide bonds. The van der Waals surface area contributed by atoms with E-state index in [0.717, 1.165) is 17.1 Å². The number of fused-ring (bicyclic) bond motifs is 2. The summed E-state index contributed by atoms with van der Waals surface area (Å²) in [7, 11) is 0. The molecule has 0 atom stereocenters. The average Bonchev–Trinajstić information content (AvgIpc) is 2.63. The van der Waals surface area contributed by atoms with Crippen molar-refractivity contribution in [3.05, 3.63) is 47.3 Å². The summed E-state index contributed by atoms with van der Waals surface area (Å²) in [6.45, 7) is 5.94. The second kappa shape index (κ2) is 5.13. The minimum absolute atomic E-state index is 0.0788. The fourth-order valence-corrected chi connectivity index (χ4v) is 2.96. The van der Waals surface area contributed by atoms with Gasteiger partial charge < -0.3 is 10.6 Å². The summed E-state index contributed by atoms with van der Waals surface area (Å²) in [6, 6.07) is 5.59. The van der Waals surface area contributed by atoms with Crippen molar-refractivity contribution in [3.8, 4) is 0 Å². The van der Waals surface area contributed by atoms with E-state index in [1.807, 2.05) is 39.0 Å². The molecule has 4 nitrogen and oxygen atoms in total. The molecule has 1 aromatic carbocycles. The van der Waals surface area contributed by atoms with Crippen LogP contribution in [0.5, 0.6) is 0 Å². The van der Waals surface area contributed by atoms with Crippen LogP contribution >= 0.6 is 0 Å². The van der Waals surface area contributed by atoms with Gasteiger partial charge >= 0.3 is 0 Å². The number of benzene rings is 1. The lowest BCUT2D eigenvalue weighted by atomic mass is 9.79. The molecular formula is C18H20N2O2. The third-order valence-corrected chi connectivity index (χ3v) is 4.06. The fourth-order valence-electron chi connectivity index (χ4n) is 2.96. The molecule has 22 heavy (non-hydrogen) atoms. The number of anilines is 2. The highest BCUT2D eigenvalue weighted by molar-refractivity contribution is 6.07. The third kappa shape index (κ3) is 2.45. The highest BCUT2D eigenvalue weighted by atomic mass is 16.1. The van der Waals surface area contributed by atoms with Crippen LogP contribution in [0.4, 0.5) is 11.4 Å². The normalized spacial score (nSPS) is 18.8. The van der Waals surface area contributed by atoms with Crippen molar-refractivity contribution in [3.63, 3.8) is 0 Å². The van der Waals surface area contributed by atoms with E-state index in [-0.39, 0.29) is 17.0 Å². The summed E-state index contributed by atoms with van der Waals surface area (Å²) in [5, 5.41) is 6.48. The smallest absolute Gasteiger partial charge is 0.167 e. The molecule has 0 saturated heterocycles. The number of hydrogen-bond acceptors (Lipinski definition) is 4. The Morgan fingerprint density at radius 2 is 2.09 bits per heavy atom. The van der Waals surface area contributed by atoms with E-state index >= 15 is 0 Å². The molecule has 1 heterocycles. The Bertz CT molecular complexity index is 727. The van der Waals surface area contributed by atoms with Gasteiger partial charge in [-0.2, -0.15) is 0 Å². The van der Waals surface area contributed by atoms with Gasteiger partial charge in [0.15, 0.2) is 11.6 Å². The summed E-state index contributed by atoms with van der Waals surface area (Å²) in [5.74, 6) is 0.189. The summed E-state index contributed by atoms with van der Waals surface area (Å²) < 4.78 is 0. The third-order valence-electron chi connectivity index (χ3n) is 4.06. The lowest BCUT2D eigenvalue weighted by Gasteiger charge is -2.28. The van der Waals surface area contributed by atoms with Crippen molar-refractivity contribution >= 4 is 22.9 Å². The zero-order chi connectivity index (χ0) is 15.9. The monoisotopic (exact) mass is 296 g/mol. The Morgan fingerprint density at radius 1 is 1.32 bits per heavy atom. The number of allylic oxidation sites excluding steroid dienone is 2. The molecular weight excluding hydrogens is 276 g/mol. The van der Waals surface area contributed by atoms with Crippen molar-refractivity contribution in [1.29, 1.82) is 0 Å².